The zero-order valence-electron chi connectivity index (χ0n) is 16.7. The lowest BCUT2D eigenvalue weighted by atomic mass is 9.70. The topological polar surface area (TPSA) is 0 Å². The molecular weight excluding hydrogens is 276 g/mol. The highest BCUT2D eigenvalue weighted by Crippen LogP contribution is 2.40. The molecule has 2 rings (SSSR count). The highest BCUT2D eigenvalue weighted by molar-refractivity contribution is 5.56. The number of benzene rings is 2. The Hall–Kier alpha value is -1.56. The molecule has 0 N–H and O–H groups in total. The van der Waals surface area contributed by atoms with Crippen molar-refractivity contribution >= 4 is 0 Å². The Morgan fingerprint density at radius 1 is 0.522 bits per heavy atom. The maximum atomic E-state index is 2.41. The first-order valence-corrected chi connectivity index (χ1v) is 8.65. The fraction of sp³-hybridized carbons (Fsp3) is 0.478. The molecule has 0 amide bonds. The molecule has 2 aromatic carbocycles. The van der Waals surface area contributed by atoms with E-state index >= 15 is 0 Å². The van der Waals surface area contributed by atoms with E-state index in [1.807, 2.05) is 0 Å². The monoisotopic (exact) mass is 308 g/mol. The van der Waals surface area contributed by atoms with Crippen LogP contribution in [0.2, 0.25) is 0 Å². The molecule has 0 heterocycles. The number of rotatable bonds is 2. The van der Waals surface area contributed by atoms with Crippen LogP contribution in [0.25, 0.3) is 0 Å². The van der Waals surface area contributed by atoms with Gasteiger partial charge in [-0.25, -0.2) is 0 Å². The summed E-state index contributed by atoms with van der Waals surface area (Å²) < 4.78 is 0. The molecule has 0 saturated carbocycles. The molecule has 0 atom stereocenters. The Bertz CT molecular complexity index is 747. The van der Waals surface area contributed by atoms with E-state index in [9.17, 15) is 0 Å². The molecule has 0 radical (unpaired) electrons. The van der Waals surface area contributed by atoms with E-state index in [0.717, 1.165) is 0 Å². The van der Waals surface area contributed by atoms with Gasteiger partial charge in [-0.2, -0.15) is 0 Å². The van der Waals surface area contributed by atoms with Crippen molar-refractivity contribution in [3.05, 3.63) is 67.8 Å². The highest BCUT2D eigenvalue weighted by Gasteiger charge is 2.30. The third-order valence-corrected chi connectivity index (χ3v) is 6.15. The first-order valence-electron chi connectivity index (χ1n) is 8.65. The highest BCUT2D eigenvalue weighted by atomic mass is 14.3. The largest absolute Gasteiger partial charge is 0.0558 e. The summed E-state index contributed by atoms with van der Waals surface area (Å²) in [5, 5.41) is 0. The van der Waals surface area contributed by atoms with Gasteiger partial charge in [-0.1, -0.05) is 26.0 Å². The normalized spacial score (nSPS) is 11.9. The van der Waals surface area contributed by atoms with Crippen molar-refractivity contribution in [3.63, 3.8) is 0 Å². The van der Waals surface area contributed by atoms with Crippen LogP contribution in [0.5, 0.6) is 0 Å². The third-order valence-electron chi connectivity index (χ3n) is 6.15. The van der Waals surface area contributed by atoms with E-state index in [1.54, 1.807) is 0 Å². The summed E-state index contributed by atoms with van der Waals surface area (Å²) in [5.41, 5.74) is 14.4. The van der Waals surface area contributed by atoms with Gasteiger partial charge >= 0.3 is 0 Å². The first-order chi connectivity index (χ1) is 10.5. The second-order valence-electron chi connectivity index (χ2n) is 7.88. The lowest BCUT2D eigenvalue weighted by Gasteiger charge is -2.34. The van der Waals surface area contributed by atoms with Crippen LogP contribution in [-0.2, 0) is 5.41 Å². The fourth-order valence-corrected chi connectivity index (χ4v) is 4.15. The standard InChI is InChI=1S/C23H32/c1-13-11-14(2)18(6)22(17(13)5)23(9,10)21-12-15(3)16(4)19(7)20(21)8/h11-12H,1-10H3. The van der Waals surface area contributed by atoms with Crippen molar-refractivity contribution in [3.8, 4) is 0 Å². The van der Waals surface area contributed by atoms with E-state index in [-0.39, 0.29) is 5.41 Å². The van der Waals surface area contributed by atoms with Gasteiger partial charge in [0.25, 0.3) is 0 Å². The minimum atomic E-state index is 0.0122. The van der Waals surface area contributed by atoms with Gasteiger partial charge in [-0.3, -0.25) is 0 Å². The summed E-state index contributed by atoms with van der Waals surface area (Å²) in [6.45, 7) is 22.8. The minimum Gasteiger partial charge on any atom is -0.0558 e. The van der Waals surface area contributed by atoms with Crippen LogP contribution in [0, 0.1) is 55.4 Å². The summed E-state index contributed by atoms with van der Waals surface area (Å²) in [4.78, 5) is 0. The Morgan fingerprint density at radius 3 is 1.43 bits per heavy atom. The summed E-state index contributed by atoms with van der Waals surface area (Å²) in [7, 11) is 0. The van der Waals surface area contributed by atoms with Crippen LogP contribution in [0.1, 0.15) is 69.5 Å². The molecule has 0 bridgehead atoms. The summed E-state index contributed by atoms with van der Waals surface area (Å²) in [6, 6.07) is 4.73. The molecule has 0 unspecified atom stereocenters. The zero-order valence-corrected chi connectivity index (χ0v) is 16.7. The van der Waals surface area contributed by atoms with Gasteiger partial charge in [0.1, 0.15) is 0 Å². The van der Waals surface area contributed by atoms with Gasteiger partial charge in [0.15, 0.2) is 0 Å². The SMILES string of the molecule is Cc1cc(C(C)(C)c2c(C)c(C)cc(C)c2C)c(C)c(C)c1C. The summed E-state index contributed by atoms with van der Waals surface area (Å²) in [5.74, 6) is 0. The fourth-order valence-electron chi connectivity index (χ4n) is 4.15. The average molecular weight is 309 g/mol. The Kier molecular flexibility index (Phi) is 4.50. The van der Waals surface area contributed by atoms with E-state index in [1.165, 1.54) is 55.6 Å². The molecule has 2 aromatic rings. The predicted molar refractivity (Wildman–Crippen MR) is 103 cm³/mol. The maximum Gasteiger partial charge on any atom is 0.0154 e. The summed E-state index contributed by atoms with van der Waals surface area (Å²) in [6.07, 6.45) is 0. The Balaban J connectivity index is 2.84. The van der Waals surface area contributed by atoms with Crippen LogP contribution in [0.15, 0.2) is 12.1 Å². The zero-order chi connectivity index (χ0) is 17.7. The molecule has 0 heteroatoms. The Morgan fingerprint density at radius 2 is 0.957 bits per heavy atom. The average Bonchev–Trinajstić information content (AvgIpc) is 2.46. The van der Waals surface area contributed by atoms with E-state index < -0.39 is 0 Å². The third kappa shape index (κ3) is 2.73. The van der Waals surface area contributed by atoms with Crippen LogP contribution >= 0.6 is 0 Å². The molecule has 0 nitrogen and oxygen atoms in total. The molecular formula is C23H32. The molecule has 0 fully saturated rings. The van der Waals surface area contributed by atoms with Crippen LogP contribution in [0.4, 0.5) is 0 Å². The van der Waals surface area contributed by atoms with Crippen LogP contribution < -0.4 is 0 Å². The van der Waals surface area contributed by atoms with Crippen molar-refractivity contribution in [1.82, 2.24) is 0 Å². The molecule has 124 valence electrons. The lowest BCUT2D eigenvalue weighted by molar-refractivity contribution is 0.622. The van der Waals surface area contributed by atoms with E-state index in [2.05, 4.69) is 81.4 Å². The second kappa shape index (κ2) is 5.82. The number of aryl methyl sites for hydroxylation is 3. The van der Waals surface area contributed by atoms with Crippen LogP contribution in [0.3, 0.4) is 0 Å². The van der Waals surface area contributed by atoms with Crippen molar-refractivity contribution in [1.29, 1.82) is 0 Å². The predicted octanol–water partition coefficient (Wildman–Crippen LogP) is 6.48. The number of hydrogen-bond acceptors (Lipinski definition) is 0. The quantitative estimate of drug-likeness (QED) is 0.595. The van der Waals surface area contributed by atoms with Gasteiger partial charge in [0.2, 0.25) is 0 Å². The van der Waals surface area contributed by atoms with Gasteiger partial charge in [-0.05, 0) is 111 Å². The summed E-state index contributed by atoms with van der Waals surface area (Å²) >= 11 is 0. The van der Waals surface area contributed by atoms with E-state index in [4.69, 9.17) is 0 Å². The number of hydrogen-bond donors (Lipinski definition) is 0. The van der Waals surface area contributed by atoms with Crippen molar-refractivity contribution in [2.24, 2.45) is 0 Å². The van der Waals surface area contributed by atoms with Crippen molar-refractivity contribution in [2.45, 2.75) is 74.7 Å². The Labute approximate surface area is 143 Å². The van der Waals surface area contributed by atoms with Gasteiger partial charge in [0, 0.05) is 5.41 Å². The van der Waals surface area contributed by atoms with Crippen molar-refractivity contribution in [2.75, 3.05) is 0 Å². The minimum absolute atomic E-state index is 0.0122. The molecule has 23 heavy (non-hydrogen) atoms. The van der Waals surface area contributed by atoms with Gasteiger partial charge in [-0.15, -0.1) is 0 Å². The molecule has 0 saturated heterocycles. The first kappa shape index (κ1) is 17.8. The molecule has 0 aromatic heterocycles. The smallest absolute Gasteiger partial charge is 0.0154 e. The lowest BCUT2D eigenvalue weighted by Crippen LogP contribution is -2.25. The van der Waals surface area contributed by atoms with Crippen molar-refractivity contribution < 1.29 is 0 Å². The molecule has 0 aliphatic rings. The molecule has 0 aliphatic heterocycles. The van der Waals surface area contributed by atoms with Crippen LogP contribution in [-0.4, -0.2) is 0 Å². The van der Waals surface area contributed by atoms with E-state index in [0.29, 0.717) is 0 Å². The molecule has 0 spiro atoms. The molecule has 0 aliphatic carbocycles. The maximum absolute atomic E-state index is 2.41. The second-order valence-corrected chi connectivity index (χ2v) is 7.88. The van der Waals surface area contributed by atoms with Gasteiger partial charge < -0.3 is 0 Å². The van der Waals surface area contributed by atoms with Gasteiger partial charge in [0.05, 0.1) is 0 Å².